The molecule has 0 fully saturated rings. The van der Waals surface area contributed by atoms with Crippen molar-refractivity contribution < 1.29 is 42.1 Å². The monoisotopic (exact) mass is 700 g/mol. The molecule has 0 radical (unpaired) electrons. The molecule has 280 valence electrons. The standard InChI is InChI=1S/C38H70NO8P/c1-6-8-10-12-14-16-17-18-19-20-21-23-25-27-29-31-38(41)47-36(35-46-48(42,43)45-33-32-39(3,4)5)34-44-37(40)30-28-26-24-22-15-13-11-9-7-2/h8,10,14,16,18-19,36H,6-7,9,11-13,15,17,20-35H2,1-5H3/p+1/b10-8+,16-14+,19-18+/t36-/m1/s1. The number of rotatable bonds is 33. The Morgan fingerprint density at radius 2 is 1.19 bits per heavy atom. The summed E-state index contributed by atoms with van der Waals surface area (Å²) in [5.41, 5.74) is 0. The summed E-state index contributed by atoms with van der Waals surface area (Å²) in [6.45, 7) is 4.24. The lowest BCUT2D eigenvalue weighted by molar-refractivity contribution is -0.870. The maximum absolute atomic E-state index is 12.6. The van der Waals surface area contributed by atoms with Gasteiger partial charge < -0.3 is 18.9 Å². The lowest BCUT2D eigenvalue weighted by Crippen LogP contribution is -2.37. The molecule has 0 rings (SSSR count). The fourth-order valence-electron chi connectivity index (χ4n) is 4.73. The summed E-state index contributed by atoms with van der Waals surface area (Å²) in [6, 6.07) is 0. The average molecular weight is 701 g/mol. The van der Waals surface area contributed by atoms with E-state index >= 15 is 0 Å². The fourth-order valence-corrected chi connectivity index (χ4v) is 5.47. The molecular weight excluding hydrogens is 629 g/mol. The maximum atomic E-state index is 12.6. The van der Waals surface area contributed by atoms with Crippen LogP contribution in [0.1, 0.15) is 142 Å². The molecule has 0 amide bonds. The molecule has 48 heavy (non-hydrogen) atoms. The van der Waals surface area contributed by atoms with Crippen LogP contribution in [-0.4, -0.2) is 74.9 Å². The zero-order valence-electron chi connectivity index (χ0n) is 31.2. The van der Waals surface area contributed by atoms with Crippen LogP contribution in [0.15, 0.2) is 36.5 Å². The third kappa shape index (κ3) is 34.1. The molecule has 0 aromatic carbocycles. The first-order valence-corrected chi connectivity index (χ1v) is 20.2. The minimum absolute atomic E-state index is 0.0281. The number of likely N-dealkylation sites (N-methyl/N-ethyl adjacent to an activating group) is 1. The highest BCUT2D eigenvalue weighted by molar-refractivity contribution is 7.47. The average Bonchev–Trinajstić information content (AvgIpc) is 3.02. The zero-order chi connectivity index (χ0) is 35.8. The highest BCUT2D eigenvalue weighted by Crippen LogP contribution is 2.43. The van der Waals surface area contributed by atoms with Crippen molar-refractivity contribution in [3.05, 3.63) is 36.5 Å². The number of unbranched alkanes of at least 4 members (excludes halogenated alkanes) is 13. The summed E-state index contributed by atoms with van der Waals surface area (Å²) in [4.78, 5) is 35.1. The van der Waals surface area contributed by atoms with Gasteiger partial charge in [0, 0.05) is 12.8 Å². The van der Waals surface area contributed by atoms with Crippen LogP contribution in [-0.2, 0) is 32.7 Å². The van der Waals surface area contributed by atoms with Crippen molar-refractivity contribution in [2.75, 3.05) is 47.5 Å². The number of phosphoric acid groups is 1. The van der Waals surface area contributed by atoms with Crippen LogP contribution in [0.2, 0.25) is 0 Å². The van der Waals surface area contributed by atoms with Crippen molar-refractivity contribution in [3.63, 3.8) is 0 Å². The van der Waals surface area contributed by atoms with Gasteiger partial charge in [0.15, 0.2) is 6.10 Å². The Hall–Kier alpha value is -1.77. The second-order valence-corrected chi connectivity index (χ2v) is 15.0. The van der Waals surface area contributed by atoms with Gasteiger partial charge >= 0.3 is 19.8 Å². The van der Waals surface area contributed by atoms with Crippen molar-refractivity contribution in [2.45, 2.75) is 148 Å². The molecule has 1 unspecified atom stereocenters. The van der Waals surface area contributed by atoms with E-state index in [1.54, 1.807) is 0 Å². The second-order valence-electron chi connectivity index (χ2n) is 13.6. The molecular formula is C38H71NO8P+. The zero-order valence-corrected chi connectivity index (χ0v) is 32.1. The van der Waals surface area contributed by atoms with Crippen LogP contribution < -0.4 is 0 Å². The van der Waals surface area contributed by atoms with E-state index in [2.05, 4.69) is 50.3 Å². The number of hydrogen-bond donors (Lipinski definition) is 1. The Morgan fingerprint density at radius 3 is 1.77 bits per heavy atom. The molecule has 2 atom stereocenters. The van der Waals surface area contributed by atoms with Gasteiger partial charge in [0.25, 0.3) is 0 Å². The van der Waals surface area contributed by atoms with Crippen molar-refractivity contribution >= 4 is 19.8 Å². The Balaban J connectivity index is 4.47. The number of carbonyl (C=O) groups is 2. The third-order valence-corrected chi connectivity index (χ3v) is 8.67. The van der Waals surface area contributed by atoms with E-state index in [0.29, 0.717) is 17.4 Å². The van der Waals surface area contributed by atoms with E-state index in [-0.39, 0.29) is 32.0 Å². The van der Waals surface area contributed by atoms with Crippen molar-refractivity contribution in [1.82, 2.24) is 0 Å². The van der Waals surface area contributed by atoms with Crippen LogP contribution in [0.5, 0.6) is 0 Å². The van der Waals surface area contributed by atoms with E-state index in [9.17, 15) is 19.0 Å². The number of carbonyl (C=O) groups excluding carboxylic acids is 2. The van der Waals surface area contributed by atoms with Gasteiger partial charge in [-0.2, -0.15) is 0 Å². The SMILES string of the molecule is CC/C=C/C/C=C/C/C=C/CCCCCCCC(=O)O[C@H](COC(=O)CCCCCCCCCCC)COP(=O)(O)OCC[N+](C)(C)C. The highest BCUT2D eigenvalue weighted by Gasteiger charge is 2.27. The molecule has 0 saturated heterocycles. The maximum Gasteiger partial charge on any atom is 0.472 e. The van der Waals surface area contributed by atoms with Gasteiger partial charge in [0.2, 0.25) is 0 Å². The summed E-state index contributed by atoms with van der Waals surface area (Å²) in [7, 11) is 1.46. The number of nitrogens with zero attached hydrogens (tertiary/aromatic N) is 1. The molecule has 0 spiro atoms. The van der Waals surface area contributed by atoms with Crippen molar-refractivity contribution in [3.8, 4) is 0 Å². The first kappa shape index (κ1) is 46.2. The van der Waals surface area contributed by atoms with Crippen molar-refractivity contribution in [2.24, 2.45) is 0 Å². The van der Waals surface area contributed by atoms with Crippen LogP contribution in [0.4, 0.5) is 0 Å². The largest absolute Gasteiger partial charge is 0.472 e. The fraction of sp³-hybridized carbons (Fsp3) is 0.789. The number of phosphoric ester groups is 1. The molecule has 0 aliphatic rings. The number of esters is 2. The quantitative estimate of drug-likeness (QED) is 0.0237. The van der Waals surface area contributed by atoms with Crippen molar-refractivity contribution in [1.29, 1.82) is 0 Å². The molecule has 0 heterocycles. The molecule has 9 nitrogen and oxygen atoms in total. The molecule has 0 bridgehead atoms. The molecule has 0 aliphatic carbocycles. The lowest BCUT2D eigenvalue weighted by atomic mass is 10.1. The molecule has 0 saturated carbocycles. The van der Waals surface area contributed by atoms with E-state index in [4.69, 9.17) is 18.5 Å². The smallest absolute Gasteiger partial charge is 0.462 e. The van der Waals surface area contributed by atoms with Crippen LogP contribution in [0, 0.1) is 0 Å². The minimum atomic E-state index is -4.37. The summed E-state index contributed by atoms with van der Waals surface area (Å²) in [6.07, 6.45) is 32.0. The molecule has 0 aliphatic heterocycles. The Bertz CT molecular complexity index is 928. The van der Waals surface area contributed by atoms with Gasteiger partial charge in [0.05, 0.1) is 27.7 Å². The number of quaternary nitrogens is 1. The topological polar surface area (TPSA) is 108 Å². The van der Waals surface area contributed by atoms with Crippen LogP contribution in [0.3, 0.4) is 0 Å². The Kier molecular flexibility index (Phi) is 30.1. The predicted molar refractivity (Wildman–Crippen MR) is 197 cm³/mol. The van der Waals surface area contributed by atoms with Gasteiger partial charge in [0.1, 0.15) is 19.8 Å². The Morgan fingerprint density at radius 1 is 0.667 bits per heavy atom. The third-order valence-electron chi connectivity index (χ3n) is 7.68. The molecule has 0 aromatic rings. The van der Waals surface area contributed by atoms with E-state index in [0.717, 1.165) is 70.6 Å². The summed E-state index contributed by atoms with van der Waals surface area (Å²) >= 11 is 0. The van der Waals surface area contributed by atoms with Crippen LogP contribution >= 0.6 is 7.82 Å². The Labute approximate surface area is 293 Å². The first-order valence-electron chi connectivity index (χ1n) is 18.7. The molecule has 1 N–H and O–H groups in total. The molecule has 0 aromatic heterocycles. The van der Waals surface area contributed by atoms with Gasteiger partial charge in [-0.25, -0.2) is 4.57 Å². The van der Waals surface area contributed by atoms with E-state index < -0.39 is 26.5 Å². The summed E-state index contributed by atoms with van der Waals surface area (Å²) in [5, 5.41) is 0. The predicted octanol–water partition coefficient (Wildman–Crippen LogP) is 9.79. The number of allylic oxidation sites excluding steroid dienone is 6. The first-order chi connectivity index (χ1) is 23.0. The van der Waals surface area contributed by atoms with E-state index in [1.165, 1.54) is 38.5 Å². The molecule has 10 heteroatoms. The summed E-state index contributed by atoms with van der Waals surface area (Å²) in [5.74, 6) is -0.824. The van der Waals surface area contributed by atoms with Gasteiger partial charge in [-0.1, -0.05) is 121 Å². The number of hydrogen-bond acceptors (Lipinski definition) is 7. The van der Waals surface area contributed by atoms with E-state index in [1.807, 2.05) is 21.1 Å². The lowest BCUT2D eigenvalue weighted by Gasteiger charge is -2.24. The highest BCUT2D eigenvalue weighted by atomic mass is 31.2. The van der Waals surface area contributed by atoms with Gasteiger partial charge in [-0.05, 0) is 44.9 Å². The minimum Gasteiger partial charge on any atom is -0.462 e. The van der Waals surface area contributed by atoms with Gasteiger partial charge in [-0.3, -0.25) is 18.6 Å². The van der Waals surface area contributed by atoms with Crippen LogP contribution in [0.25, 0.3) is 0 Å². The van der Waals surface area contributed by atoms with Gasteiger partial charge in [-0.15, -0.1) is 0 Å². The second kappa shape index (κ2) is 31.2. The number of ether oxygens (including phenoxy) is 2. The summed E-state index contributed by atoms with van der Waals surface area (Å²) < 4.78 is 34.1. The normalized spacial score (nSPS) is 14.2.